The smallest absolute Gasteiger partial charge is 0.387 e. The van der Waals surface area contributed by atoms with Gasteiger partial charge >= 0.3 is 6.61 Å². The van der Waals surface area contributed by atoms with E-state index in [1.807, 2.05) is 0 Å². The lowest BCUT2D eigenvalue weighted by Crippen LogP contribution is -2.13. The lowest BCUT2D eigenvalue weighted by Gasteiger charge is -2.20. The number of rotatable bonds is 3. The minimum absolute atomic E-state index is 0.0509. The lowest BCUT2D eigenvalue weighted by molar-refractivity contribution is -0.0512. The van der Waals surface area contributed by atoms with Crippen molar-refractivity contribution in [3.8, 4) is 11.5 Å². The molecule has 1 aromatic rings. The van der Waals surface area contributed by atoms with E-state index >= 15 is 0 Å². The summed E-state index contributed by atoms with van der Waals surface area (Å²) < 4.78 is 32.5. The van der Waals surface area contributed by atoms with E-state index in [2.05, 4.69) is 22.8 Å². The number of benzene rings is 1. The van der Waals surface area contributed by atoms with Crippen LogP contribution in [0.1, 0.15) is 25.7 Å². The van der Waals surface area contributed by atoms with E-state index in [0.29, 0.717) is 5.75 Å². The highest BCUT2D eigenvalue weighted by Crippen LogP contribution is 2.34. The summed E-state index contributed by atoms with van der Waals surface area (Å²) in [6, 6.07) is 6.25. The summed E-state index contributed by atoms with van der Waals surface area (Å²) in [5, 5.41) is 0. The summed E-state index contributed by atoms with van der Waals surface area (Å²) in [5.41, 5.74) is 1.63. The number of alkyl halides is 2. The summed E-state index contributed by atoms with van der Waals surface area (Å²) >= 11 is 0. The van der Waals surface area contributed by atoms with Crippen LogP contribution < -0.4 is 9.47 Å². The van der Waals surface area contributed by atoms with Gasteiger partial charge in [0.05, 0.1) is 7.11 Å². The highest BCUT2D eigenvalue weighted by Gasteiger charge is 2.26. The van der Waals surface area contributed by atoms with E-state index in [0.717, 1.165) is 5.92 Å². The lowest BCUT2D eigenvalue weighted by atomic mass is 9.93. The van der Waals surface area contributed by atoms with Crippen molar-refractivity contribution in [3.05, 3.63) is 36.0 Å². The minimum atomic E-state index is -2.82. The Morgan fingerprint density at radius 3 is 2.55 bits per heavy atom. The summed E-state index contributed by atoms with van der Waals surface area (Å²) in [6.45, 7) is -1.53. The van der Waals surface area contributed by atoms with Crippen LogP contribution in [0.5, 0.6) is 11.5 Å². The van der Waals surface area contributed by atoms with Gasteiger partial charge in [-0.05, 0) is 37.8 Å². The largest absolute Gasteiger partial charge is 0.493 e. The third kappa shape index (κ3) is 4.36. The van der Waals surface area contributed by atoms with E-state index in [1.54, 1.807) is 23.9 Å². The molecule has 0 bridgehead atoms. The summed E-state index contributed by atoms with van der Waals surface area (Å²) in [6.07, 6.45) is 8.01. The fourth-order valence-corrected chi connectivity index (χ4v) is 2.98. The Morgan fingerprint density at radius 2 is 1.91 bits per heavy atom. The molecule has 1 aliphatic heterocycles. The molecular formula is C17H23F2NO2. The quantitative estimate of drug-likeness (QED) is 0.830. The Hall–Kier alpha value is -1.78. The first-order chi connectivity index (χ1) is 10.6. The zero-order chi connectivity index (χ0) is 15.9. The van der Waals surface area contributed by atoms with Crippen LogP contribution >= 0.6 is 0 Å². The van der Waals surface area contributed by atoms with Gasteiger partial charge in [-0.3, -0.25) is 0 Å². The van der Waals surface area contributed by atoms with Crippen LogP contribution in [-0.4, -0.2) is 32.2 Å². The molecule has 2 aliphatic rings. The molecule has 1 aromatic carbocycles. The normalized spacial score (nSPS) is 20.0. The second-order valence-corrected chi connectivity index (χ2v) is 5.50. The number of nitrogens with zero attached hydrogens (tertiary/aromatic N) is 1. The average Bonchev–Trinajstić information content (AvgIpc) is 2.90. The van der Waals surface area contributed by atoms with Gasteiger partial charge in [-0.15, -0.1) is 0 Å². The molecule has 1 saturated heterocycles. The van der Waals surface area contributed by atoms with Crippen LogP contribution in [0.2, 0.25) is 0 Å². The average molecular weight is 311 g/mol. The first-order valence-electron chi connectivity index (χ1n) is 7.61. The molecule has 0 amide bonds. The SMILES string of the molecule is CN1CCC2CCCC=C21.COc1ccccc1OC(F)F. The molecule has 3 nitrogen and oxygen atoms in total. The molecule has 1 fully saturated rings. The molecular weight excluding hydrogens is 288 g/mol. The predicted octanol–water partition coefficient (Wildman–Crippen LogP) is 4.30. The molecule has 3 rings (SSSR count). The van der Waals surface area contributed by atoms with Crippen molar-refractivity contribution in [3.63, 3.8) is 0 Å². The Morgan fingerprint density at radius 1 is 1.18 bits per heavy atom. The molecule has 1 atom stereocenters. The molecule has 0 saturated carbocycles. The first kappa shape index (κ1) is 16.6. The van der Waals surface area contributed by atoms with Gasteiger partial charge in [0.15, 0.2) is 11.5 Å². The van der Waals surface area contributed by atoms with Gasteiger partial charge in [0.1, 0.15) is 0 Å². The van der Waals surface area contributed by atoms with Gasteiger partial charge in [-0.1, -0.05) is 18.2 Å². The second kappa shape index (κ2) is 8.01. The van der Waals surface area contributed by atoms with Crippen LogP contribution in [-0.2, 0) is 0 Å². The van der Waals surface area contributed by atoms with E-state index in [-0.39, 0.29) is 5.75 Å². The van der Waals surface area contributed by atoms with E-state index in [1.165, 1.54) is 45.4 Å². The summed E-state index contributed by atoms with van der Waals surface area (Å²) in [4.78, 5) is 2.42. The predicted molar refractivity (Wildman–Crippen MR) is 82.3 cm³/mol. The molecule has 1 heterocycles. The van der Waals surface area contributed by atoms with Crippen LogP contribution in [0.3, 0.4) is 0 Å². The molecule has 22 heavy (non-hydrogen) atoms. The number of hydrogen-bond acceptors (Lipinski definition) is 3. The highest BCUT2D eigenvalue weighted by molar-refractivity contribution is 5.39. The maximum atomic E-state index is 11.8. The van der Waals surface area contributed by atoms with Gasteiger partial charge in [0.25, 0.3) is 0 Å². The third-order valence-electron chi connectivity index (χ3n) is 4.07. The topological polar surface area (TPSA) is 21.7 Å². The zero-order valence-corrected chi connectivity index (χ0v) is 13.1. The summed E-state index contributed by atoms with van der Waals surface area (Å²) in [7, 11) is 3.62. The zero-order valence-electron chi connectivity index (χ0n) is 13.1. The fourth-order valence-electron chi connectivity index (χ4n) is 2.98. The molecule has 0 N–H and O–H groups in total. The van der Waals surface area contributed by atoms with Gasteiger partial charge in [-0.2, -0.15) is 8.78 Å². The number of allylic oxidation sites excluding steroid dienone is 2. The molecule has 1 unspecified atom stereocenters. The maximum absolute atomic E-state index is 11.8. The van der Waals surface area contributed by atoms with Gasteiger partial charge in [0.2, 0.25) is 0 Å². The van der Waals surface area contributed by atoms with Crippen LogP contribution in [0, 0.1) is 5.92 Å². The number of hydrogen-bond donors (Lipinski definition) is 0. The number of para-hydroxylation sites is 2. The first-order valence-corrected chi connectivity index (χ1v) is 7.61. The van der Waals surface area contributed by atoms with Crippen molar-refractivity contribution in [2.75, 3.05) is 20.7 Å². The molecule has 122 valence electrons. The van der Waals surface area contributed by atoms with Crippen LogP contribution in [0.15, 0.2) is 36.0 Å². The van der Waals surface area contributed by atoms with Crippen LogP contribution in [0.4, 0.5) is 8.78 Å². The van der Waals surface area contributed by atoms with Crippen molar-refractivity contribution < 1.29 is 18.3 Å². The summed E-state index contributed by atoms with van der Waals surface area (Å²) in [5.74, 6) is 1.28. The number of likely N-dealkylation sites (tertiary alicyclic amines) is 1. The third-order valence-corrected chi connectivity index (χ3v) is 4.07. The Bertz CT molecular complexity index is 505. The van der Waals surface area contributed by atoms with Crippen molar-refractivity contribution in [1.29, 1.82) is 0 Å². The molecule has 1 aliphatic carbocycles. The van der Waals surface area contributed by atoms with Gasteiger partial charge < -0.3 is 14.4 Å². The molecule has 0 spiro atoms. The molecule has 5 heteroatoms. The van der Waals surface area contributed by atoms with Crippen LogP contribution in [0.25, 0.3) is 0 Å². The van der Waals surface area contributed by atoms with Crippen molar-refractivity contribution in [1.82, 2.24) is 4.90 Å². The van der Waals surface area contributed by atoms with E-state index in [4.69, 9.17) is 4.74 Å². The number of fused-ring (bicyclic) bond motifs is 1. The van der Waals surface area contributed by atoms with Crippen molar-refractivity contribution in [2.24, 2.45) is 5.92 Å². The van der Waals surface area contributed by atoms with E-state index in [9.17, 15) is 8.78 Å². The van der Waals surface area contributed by atoms with Gasteiger partial charge in [-0.25, -0.2) is 0 Å². The number of ether oxygens (including phenoxy) is 2. The minimum Gasteiger partial charge on any atom is -0.493 e. The monoisotopic (exact) mass is 311 g/mol. The Kier molecular flexibility index (Phi) is 6.04. The molecule has 0 aromatic heterocycles. The number of halogens is 2. The molecule has 0 radical (unpaired) electrons. The van der Waals surface area contributed by atoms with Gasteiger partial charge in [0, 0.05) is 25.2 Å². The standard InChI is InChI=1S/C9H15N.C8H8F2O2/c1-10-7-6-8-4-2-3-5-9(8)10;1-11-6-4-2-3-5-7(6)12-8(9)10/h5,8H,2-4,6-7H2,1H3;2-5,8H,1H3. The van der Waals surface area contributed by atoms with Crippen molar-refractivity contribution in [2.45, 2.75) is 32.3 Å². The highest BCUT2D eigenvalue weighted by atomic mass is 19.3. The number of methoxy groups -OCH3 is 1. The van der Waals surface area contributed by atoms with Crippen molar-refractivity contribution >= 4 is 0 Å². The Labute approximate surface area is 130 Å². The second-order valence-electron chi connectivity index (χ2n) is 5.50. The van der Waals surface area contributed by atoms with E-state index < -0.39 is 6.61 Å². The Balaban J connectivity index is 0.000000162. The maximum Gasteiger partial charge on any atom is 0.387 e. The fraction of sp³-hybridized carbons (Fsp3) is 0.529.